The molecule has 0 bridgehead atoms. The van der Waals surface area contributed by atoms with Crippen molar-refractivity contribution in [3.63, 3.8) is 0 Å². The van der Waals surface area contributed by atoms with E-state index in [1.165, 1.54) is 12.1 Å². The quantitative estimate of drug-likeness (QED) is 0.554. The first-order valence-electron chi connectivity index (χ1n) is 10.1. The van der Waals surface area contributed by atoms with Gasteiger partial charge in [-0.2, -0.15) is 4.98 Å². The van der Waals surface area contributed by atoms with Gasteiger partial charge >= 0.3 is 0 Å². The Labute approximate surface area is 181 Å². The van der Waals surface area contributed by atoms with E-state index in [4.69, 9.17) is 9.15 Å². The van der Waals surface area contributed by atoms with E-state index in [1.807, 2.05) is 29.2 Å². The lowest BCUT2D eigenvalue weighted by molar-refractivity contribution is 0.120. The van der Waals surface area contributed by atoms with Gasteiger partial charge in [-0.15, -0.1) is 0 Å². The lowest BCUT2D eigenvalue weighted by Crippen LogP contribution is -2.36. The van der Waals surface area contributed by atoms with Crippen LogP contribution in [0.2, 0.25) is 0 Å². The molecule has 2 heterocycles. The number of anilines is 1. The number of rotatable bonds is 4. The van der Waals surface area contributed by atoms with Gasteiger partial charge in [0.05, 0.1) is 18.1 Å². The Hall–Kier alpha value is -2.71. The van der Waals surface area contributed by atoms with Crippen molar-refractivity contribution in [1.29, 1.82) is 0 Å². The summed E-state index contributed by atoms with van der Waals surface area (Å²) in [5.74, 6) is -0.0997. The van der Waals surface area contributed by atoms with Gasteiger partial charge in [0.15, 0.2) is 0 Å². The van der Waals surface area contributed by atoms with Gasteiger partial charge in [0.1, 0.15) is 5.82 Å². The highest BCUT2D eigenvalue weighted by Gasteiger charge is 2.32. The van der Waals surface area contributed by atoms with Crippen LogP contribution in [0.1, 0.15) is 26.3 Å². The van der Waals surface area contributed by atoms with E-state index < -0.39 is 15.7 Å². The standard InChI is InChI=1S/C23H25FN2O4S/c1-23(2,3)17-6-4-16(5-7-17)20-25-21(22(30-20)26-12-14-29-15-13-26)31(27,28)19-10-8-18(24)9-11-19/h4-11H,12-15H2,1-3H3. The average Bonchev–Trinajstić information content (AvgIpc) is 3.21. The molecule has 0 aliphatic carbocycles. The molecule has 0 N–H and O–H groups in total. The van der Waals surface area contributed by atoms with Crippen molar-refractivity contribution in [3.05, 3.63) is 59.9 Å². The molecule has 6 nitrogen and oxygen atoms in total. The van der Waals surface area contributed by atoms with Crippen molar-refractivity contribution in [3.8, 4) is 11.5 Å². The molecule has 2 aromatic carbocycles. The number of sulfone groups is 1. The molecule has 8 heteroatoms. The second-order valence-electron chi connectivity index (χ2n) is 8.51. The Morgan fingerprint density at radius 2 is 1.58 bits per heavy atom. The molecule has 1 aliphatic rings. The predicted octanol–water partition coefficient (Wildman–Crippen LogP) is 4.45. The summed E-state index contributed by atoms with van der Waals surface area (Å²) in [6.45, 7) is 8.27. The van der Waals surface area contributed by atoms with Crippen molar-refractivity contribution in [2.75, 3.05) is 31.2 Å². The van der Waals surface area contributed by atoms with Gasteiger partial charge in [-0.3, -0.25) is 0 Å². The van der Waals surface area contributed by atoms with Crippen molar-refractivity contribution in [1.82, 2.24) is 4.98 Å². The minimum absolute atomic E-state index is 0.00876. The third-order valence-electron chi connectivity index (χ3n) is 5.25. The molecule has 1 aromatic heterocycles. The van der Waals surface area contributed by atoms with Gasteiger partial charge in [0, 0.05) is 18.7 Å². The summed E-state index contributed by atoms with van der Waals surface area (Å²) in [5.41, 5.74) is 1.82. The third kappa shape index (κ3) is 4.36. The molecule has 0 spiro atoms. The Kier molecular flexibility index (Phi) is 5.61. The van der Waals surface area contributed by atoms with Gasteiger partial charge < -0.3 is 14.1 Å². The number of oxazole rings is 1. The number of hydrogen-bond acceptors (Lipinski definition) is 6. The summed E-state index contributed by atoms with van der Waals surface area (Å²) in [5, 5.41) is -0.170. The maximum atomic E-state index is 13.3. The smallest absolute Gasteiger partial charge is 0.236 e. The monoisotopic (exact) mass is 444 g/mol. The zero-order valence-corrected chi connectivity index (χ0v) is 18.6. The van der Waals surface area contributed by atoms with Crippen LogP contribution in [0, 0.1) is 5.82 Å². The Morgan fingerprint density at radius 1 is 0.968 bits per heavy atom. The van der Waals surface area contributed by atoms with Crippen molar-refractivity contribution >= 4 is 15.7 Å². The SMILES string of the molecule is CC(C)(C)c1ccc(-c2nc(S(=O)(=O)c3ccc(F)cc3)c(N3CCOCC3)o2)cc1. The molecule has 4 rings (SSSR count). The van der Waals surface area contributed by atoms with Crippen LogP contribution >= 0.6 is 0 Å². The predicted molar refractivity (Wildman–Crippen MR) is 116 cm³/mol. The Balaban J connectivity index is 1.80. The molecule has 0 radical (unpaired) electrons. The molecule has 3 aromatic rings. The zero-order chi connectivity index (χ0) is 22.2. The molecule has 0 saturated carbocycles. The molecular weight excluding hydrogens is 419 g/mol. The first-order valence-corrected chi connectivity index (χ1v) is 11.6. The minimum Gasteiger partial charge on any atom is -0.419 e. The first-order chi connectivity index (χ1) is 14.7. The van der Waals surface area contributed by atoms with Gasteiger partial charge in [-0.25, -0.2) is 12.8 Å². The van der Waals surface area contributed by atoms with Crippen LogP contribution in [0.3, 0.4) is 0 Å². The summed E-state index contributed by atoms with van der Waals surface area (Å²) in [4.78, 5) is 6.17. The third-order valence-corrected chi connectivity index (χ3v) is 6.92. The van der Waals surface area contributed by atoms with Crippen LogP contribution in [0.5, 0.6) is 0 Å². The van der Waals surface area contributed by atoms with Gasteiger partial charge in [-0.05, 0) is 47.4 Å². The lowest BCUT2D eigenvalue weighted by atomic mass is 9.87. The molecule has 1 saturated heterocycles. The Morgan fingerprint density at radius 3 is 2.16 bits per heavy atom. The fourth-order valence-corrected chi connectivity index (χ4v) is 4.72. The number of hydrogen-bond donors (Lipinski definition) is 0. The van der Waals surface area contributed by atoms with E-state index >= 15 is 0 Å². The first kappa shape index (κ1) is 21.5. The number of benzene rings is 2. The number of nitrogens with zero attached hydrogens (tertiary/aromatic N) is 2. The number of morpholine rings is 1. The number of aromatic nitrogens is 1. The van der Waals surface area contributed by atoms with E-state index in [-0.39, 0.29) is 27.1 Å². The van der Waals surface area contributed by atoms with E-state index in [2.05, 4.69) is 25.8 Å². The highest BCUT2D eigenvalue weighted by molar-refractivity contribution is 7.91. The molecule has 0 amide bonds. The zero-order valence-electron chi connectivity index (χ0n) is 17.8. The maximum absolute atomic E-state index is 13.3. The molecule has 1 fully saturated rings. The molecule has 0 unspecified atom stereocenters. The minimum atomic E-state index is -4.01. The van der Waals surface area contributed by atoms with Crippen molar-refractivity contribution in [2.24, 2.45) is 0 Å². The van der Waals surface area contributed by atoms with Gasteiger partial charge in [0.2, 0.25) is 26.6 Å². The molecule has 1 aliphatic heterocycles. The summed E-state index contributed by atoms with van der Waals surface area (Å²) in [7, 11) is -4.01. The van der Waals surface area contributed by atoms with Crippen LogP contribution in [-0.2, 0) is 20.0 Å². The van der Waals surface area contributed by atoms with Crippen molar-refractivity contribution in [2.45, 2.75) is 36.1 Å². The summed E-state index contributed by atoms with van der Waals surface area (Å²) in [6, 6.07) is 12.4. The van der Waals surface area contributed by atoms with E-state index in [1.54, 1.807) is 0 Å². The summed E-state index contributed by atoms with van der Waals surface area (Å²) >= 11 is 0. The fourth-order valence-electron chi connectivity index (χ4n) is 3.40. The summed E-state index contributed by atoms with van der Waals surface area (Å²) in [6.07, 6.45) is 0. The van der Waals surface area contributed by atoms with Crippen LogP contribution in [-0.4, -0.2) is 39.7 Å². The number of ether oxygens (including phenoxy) is 1. The van der Waals surface area contributed by atoms with Crippen LogP contribution in [0.25, 0.3) is 11.5 Å². The van der Waals surface area contributed by atoms with Crippen LogP contribution in [0.15, 0.2) is 62.9 Å². The second kappa shape index (κ2) is 8.09. The maximum Gasteiger partial charge on any atom is 0.236 e. The summed E-state index contributed by atoms with van der Waals surface area (Å²) < 4.78 is 51.4. The molecular formula is C23H25FN2O4S. The molecule has 0 atom stereocenters. The van der Waals surface area contributed by atoms with Gasteiger partial charge in [-0.1, -0.05) is 32.9 Å². The Bertz CT molecular complexity index is 1160. The molecule has 31 heavy (non-hydrogen) atoms. The topological polar surface area (TPSA) is 72.6 Å². The van der Waals surface area contributed by atoms with E-state index in [0.29, 0.717) is 31.9 Å². The largest absolute Gasteiger partial charge is 0.419 e. The fraction of sp³-hybridized carbons (Fsp3) is 0.348. The van der Waals surface area contributed by atoms with Crippen LogP contribution < -0.4 is 4.90 Å². The average molecular weight is 445 g/mol. The lowest BCUT2D eigenvalue weighted by Gasteiger charge is -2.26. The van der Waals surface area contributed by atoms with Crippen LogP contribution in [0.4, 0.5) is 10.3 Å². The van der Waals surface area contributed by atoms with E-state index in [9.17, 15) is 12.8 Å². The van der Waals surface area contributed by atoms with Crippen molar-refractivity contribution < 1.29 is 22.0 Å². The second-order valence-corrected chi connectivity index (χ2v) is 10.4. The number of halogens is 1. The normalized spacial score (nSPS) is 15.3. The highest BCUT2D eigenvalue weighted by atomic mass is 32.2. The van der Waals surface area contributed by atoms with Gasteiger partial charge in [0.25, 0.3) is 0 Å². The molecule has 164 valence electrons. The van der Waals surface area contributed by atoms with E-state index in [0.717, 1.165) is 17.7 Å². The highest BCUT2D eigenvalue weighted by Crippen LogP contribution is 2.35.